The average Bonchev–Trinajstić information content (AvgIpc) is 3.28. The van der Waals surface area contributed by atoms with Crippen molar-refractivity contribution >= 4 is 55.8 Å². The molecule has 1 aliphatic rings. The van der Waals surface area contributed by atoms with Crippen molar-refractivity contribution in [2.45, 2.75) is 12.8 Å². The van der Waals surface area contributed by atoms with Gasteiger partial charge in [0.05, 0.1) is 21.8 Å². The van der Waals surface area contributed by atoms with Gasteiger partial charge in [0.25, 0.3) is 5.91 Å². The molecule has 1 aliphatic heterocycles. The first kappa shape index (κ1) is 21.6. The average molecular weight is 476 g/mol. The summed E-state index contributed by atoms with van der Waals surface area (Å²) in [5.41, 5.74) is 2.23. The Bertz CT molecular complexity index is 1260. The van der Waals surface area contributed by atoms with Crippen LogP contribution >= 0.6 is 22.9 Å². The number of likely N-dealkylation sites (tertiary alicyclic amines) is 1. The summed E-state index contributed by atoms with van der Waals surface area (Å²) in [6, 6.07) is 24.4. The molecule has 1 aromatic heterocycles. The van der Waals surface area contributed by atoms with E-state index < -0.39 is 0 Å². The Hall–Kier alpha value is -3.22. The fraction of sp³-hybridized carbons (Fsp3) is 0.192. The van der Waals surface area contributed by atoms with Crippen LogP contribution in [0.5, 0.6) is 0 Å². The number of thiazole rings is 1. The molecular weight excluding hydrogens is 454 g/mol. The number of nitrogens with zero attached hydrogens (tertiary/aromatic N) is 3. The molecule has 4 aromatic rings. The van der Waals surface area contributed by atoms with Crippen LogP contribution in [0.2, 0.25) is 5.02 Å². The smallest absolute Gasteiger partial charge is 0.253 e. The largest absolute Gasteiger partial charge is 0.338 e. The minimum absolute atomic E-state index is 0.0335. The number of halogens is 1. The maximum atomic E-state index is 13.9. The second-order valence-corrected chi connectivity index (χ2v) is 9.52. The standard InChI is InChI=1S/C26H22ClN3O2S/c27-20-14-12-18(13-15-20)24(31)29-16-6-7-19(17-29)25(32)30(21-8-2-1-3-9-21)26-28-22-10-4-5-11-23(22)33-26/h1-5,8-15,19H,6-7,16-17H2/t19-/m0/s1. The molecule has 0 spiro atoms. The number of rotatable bonds is 4. The van der Waals surface area contributed by atoms with Crippen LogP contribution in [0, 0.1) is 5.92 Å². The van der Waals surface area contributed by atoms with E-state index in [2.05, 4.69) is 0 Å². The molecule has 1 fully saturated rings. The summed E-state index contributed by atoms with van der Waals surface area (Å²) in [5, 5.41) is 1.24. The molecule has 2 heterocycles. The van der Waals surface area contributed by atoms with E-state index >= 15 is 0 Å². The van der Waals surface area contributed by atoms with Crippen LogP contribution in [0.15, 0.2) is 78.9 Å². The summed E-state index contributed by atoms with van der Waals surface area (Å²) in [5.74, 6) is -0.411. The van der Waals surface area contributed by atoms with E-state index in [9.17, 15) is 9.59 Å². The Morgan fingerprint density at radius 2 is 1.70 bits per heavy atom. The Balaban J connectivity index is 1.44. The third kappa shape index (κ3) is 4.49. The molecular formula is C26H22ClN3O2S. The van der Waals surface area contributed by atoms with Gasteiger partial charge in [-0.2, -0.15) is 0 Å². The predicted octanol–water partition coefficient (Wildman–Crippen LogP) is 6.17. The second-order valence-electron chi connectivity index (χ2n) is 8.07. The second kappa shape index (κ2) is 9.33. The minimum atomic E-state index is -0.304. The molecule has 0 N–H and O–H groups in total. The lowest BCUT2D eigenvalue weighted by molar-refractivity contribution is -0.122. The lowest BCUT2D eigenvalue weighted by Gasteiger charge is -2.34. The van der Waals surface area contributed by atoms with Crippen molar-refractivity contribution in [2.75, 3.05) is 18.0 Å². The molecule has 0 radical (unpaired) electrons. The number of fused-ring (bicyclic) bond motifs is 1. The summed E-state index contributed by atoms with van der Waals surface area (Å²) in [7, 11) is 0. The Morgan fingerprint density at radius 1 is 0.970 bits per heavy atom. The van der Waals surface area contributed by atoms with E-state index in [4.69, 9.17) is 16.6 Å². The van der Waals surface area contributed by atoms with Gasteiger partial charge in [0.2, 0.25) is 5.91 Å². The quantitative estimate of drug-likeness (QED) is 0.355. The maximum Gasteiger partial charge on any atom is 0.253 e. The number of aromatic nitrogens is 1. The molecule has 3 aromatic carbocycles. The zero-order valence-corrected chi connectivity index (χ0v) is 19.4. The number of carbonyl (C=O) groups excluding carboxylic acids is 2. The third-order valence-electron chi connectivity index (χ3n) is 5.86. The summed E-state index contributed by atoms with van der Waals surface area (Å²) in [6.45, 7) is 1.02. The number of carbonyl (C=O) groups is 2. The van der Waals surface area contributed by atoms with Crippen LogP contribution in [0.4, 0.5) is 10.8 Å². The number of hydrogen-bond donors (Lipinski definition) is 0. The van der Waals surface area contributed by atoms with Crippen molar-refractivity contribution in [3.05, 3.63) is 89.4 Å². The van der Waals surface area contributed by atoms with E-state index in [0.717, 1.165) is 28.7 Å². The van der Waals surface area contributed by atoms with E-state index in [0.29, 0.717) is 28.8 Å². The molecule has 5 nitrogen and oxygen atoms in total. The SMILES string of the molecule is O=C(c1ccc(Cl)cc1)N1CCC[C@H](C(=O)N(c2ccccc2)c2nc3ccccc3s2)C1. The number of para-hydroxylation sites is 2. The van der Waals surface area contributed by atoms with Crippen molar-refractivity contribution in [3.63, 3.8) is 0 Å². The molecule has 0 aliphatic carbocycles. The van der Waals surface area contributed by atoms with Crippen molar-refractivity contribution in [3.8, 4) is 0 Å². The monoisotopic (exact) mass is 475 g/mol. The van der Waals surface area contributed by atoms with Gasteiger partial charge >= 0.3 is 0 Å². The summed E-state index contributed by atoms with van der Waals surface area (Å²) >= 11 is 7.47. The van der Waals surface area contributed by atoms with E-state index in [1.165, 1.54) is 11.3 Å². The minimum Gasteiger partial charge on any atom is -0.338 e. The van der Waals surface area contributed by atoms with Gasteiger partial charge in [-0.3, -0.25) is 14.5 Å². The van der Waals surface area contributed by atoms with Gasteiger partial charge in [0.15, 0.2) is 5.13 Å². The van der Waals surface area contributed by atoms with E-state index in [1.54, 1.807) is 34.1 Å². The van der Waals surface area contributed by atoms with Crippen LogP contribution < -0.4 is 4.90 Å². The third-order valence-corrected chi connectivity index (χ3v) is 7.13. The molecule has 0 saturated carbocycles. The molecule has 166 valence electrons. The molecule has 5 rings (SSSR count). The maximum absolute atomic E-state index is 13.9. The lowest BCUT2D eigenvalue weighted by atomic mass is 9.95. The Kier molecular flexibility index (Phi) is 6.11. The number of anilines is 2. The van der Waals surface area contributed by atoms with Gasteiger partial charge in [0, 0.05) is 23.7 Å². The van der Waals surface area contributed by atoms with Gasteiger partial charge in [-0.05, 0) is 61.4 Å². The zero-order valence-electron chi connectivity index (χ0n) is 17.9. The highest BCUT2D eigenvalue weighted by atomic mass is 35.5. The van der Waals surface area contributed by atoms with Crippen LogP contribution in [0.1, 0.15) is 23.2 Å². The van der Waals surface area contributed by atoms with Crippen molar-refractivity contribution in [1.29, 1.82) is 0 Å². The number of hydrogen-bond acceptors (Lipinski definition) is 4. The first-order valence-corrected chi connectivity index (χ1v) is 12.1. The predicted molar refractivity (Wildman–Crippen MR) is 133 cm³/mol. The molecule has 2 amide bonds. The Morgan fingerprint density at radius 3 is 2.45 bits per heavy atom. The molecule has 0 bridgehead atoms. The molecule has 0 unspecified atom stereocenters. The Labute approximate surface area is 201 Å². The van der Waals surface area contributed by atoms with Gasteiger partial charge in [-0.25, -0.2) is 4.98 Å². The number of benzene rings is 3. The summed E-state index contributed by atoms with van der Waals surface area (Å²) < 4.78 is 1.03. The highest BCUT2D eigenvalue weighted by Gasteiger charge is 2.34. The van der Waals surface area contributed by atoms with Crippen molar-refractivity contribution in [2.24, 2.45) is 5.92 Å². The fourth-order valence-corrected chi connectivity index (χ4v) is 5.30. The lowest BCUT2D eigenvalue weighted by Crippen LogP contribution is -2.45. The normalized spacial score (nSPS) is 16.0. The van der Waals surface area contributed by atoms with Gasteiger partial charge < -0.3 is 4.90 Å². The fourth-order valence-electron chi connectivity index (χ4n) is 4.19. The van der Waals surface area contributed by atoms with Crippen LogP contribution in [0.25, 0.3) is 10.2 Å². The van der Waals surface area contributed by atoms with Crippen molar-refractivity contribution in [1.82, 2.24) is 9.88 Å². The van der Waals surface area contributed by atoms with Crippen LogP contribution in [-0.2, 0) is 4.79 Å². The molecule has 33 heavy (non-hydrogen) atoms. The zero-order chi connectivity index (χ0) is 22.8. The molecule has 7 heteroatoms. The van der Waals surface area contributed by atoms with E-state index in [1.807, 2.05) is 54.6 Å². The summed E-state index contributed by atoms with van der Waals surface area (Å²) in [4.78, 5) is 35.2. The molecule has 1 saturated heterocycles. The van der Waals surface area contributed by atoms with Crippen LogP contribution in [0.3, 0.4) is 0 Å². The van der Waals surface area contributed by atoms with Gasteiger partial charge in [-0.15, -0.1) is 0 Å². The first-order valence-electron chi connectivity index (χ1n) is 10.9. The van der Waals surface area contributed by atoms with Gasteiger partial charge in [0.1, 0.15) is 0 Å². The summed E-state index contributed by atoms with van der Waals surface area (Å²) in [6.07, 6.45) is 1.51. The topological polar surface area (TPSA) is 53.5 Å². The number of amides is 2. The highest BCUT2D eigenvalue weighted by Crippen LogP contribution is 2.35. The van der Waals surface area contributed by atoms with Crippen molar-refractivity contribution < 1.29 is 9.59 Å². The van der Waals surface area contributed by atoms with Crippen LogP contribution in [-0.4, -0.2) is 34.8 Å². The first-order chi connectivity index (χ1) is 16.1. The molecule has 1 atom stereocenters. The number of piperidine rings is 1. The highest BCUT2D eigenvalue weighted by molar-refractivity contribution is 7.22. The van der Waals surface area contributed by atoms with Gasteiger partial charge in [-0.1, -0.05) is 53.3 Å². The van der Waals surface area contributed by atoms with E-state index in [-0.39, 0.29) is 17.7 Å².